The lowest BCUT2D eigenvalue weighted by Crippen LogP contribution is -2.22. The number of carbonyl (C=O) groups excluding carboxylic acids is 1. The second kappa shape index (κ2) is 4.54. The molecule has 82 valence electrons. The second-order valence-electron chi connectivity index (χ2n) is 3.55. The molecule has 0 aliphatic heterocycles. The zero-order valence-electron chi connectivity index (χ0n) is 8.91. The van der Waals surface area contributed by atoms with Gasteiger partial charge in [-0.3, -0.25) is 4.79 Å². The van der Waals surface area contributed by atoms with Gasteiger partial charge in [-0.2, -0.15) is 0 Å². The summed E-state index contributed by atoms with van der Waals surface area (Å²) in [5, 5.41) is 4.03. The molecule has 2 aromatic carbocycles. The van der Waals surface area contributed by atoms with E-state index in [4.69, 9.17) is 11.6 Å². The molecule has 1 atom stereocenters. The molecule has 0 spiro atoms. The van der Waals surface area contributed by atoms with Crippen molar-refractivity contribution in [3.63, 3.8) is 0 Å². The van der Waals surface area contributed by atoms with Gasteiger partial charge in [-0.15, -0.1) is 11.6 Å². The molecule has 2 nitrogen and oxygen atoms in total. The highest BCUT2D eigenvalue weighted by molar-refractivity contribution is 6.31. The van der Waals surface area contributed by atoms with Gasteiger partial charge in [0.2, 0.25) is 5.91 Å². The van der Waals surface area contributed by atoms with E-state index in [1.165, 1.54) is 0 Å². The van der Waals surface area contributed by atoms with E-state index in [1.807, 2.05) is 42.5 Å². The van der Waals surface area contributed by atoms with Gasteiger partial charge in [-0.05, 0) is 16.3 Å². The van der Waals surface area contributed by atoms with Gasteiger partial charge in [0.05, 0.1) is 0 Å². The lowest BCUT2D eigenvalue weighted by molar-refractivity contribution is -0.120. The Kier molecular flexibility index (Phi) is 3.11. The smallest absolute Gasteiger partial charge is 0.242 e. The van der Waals surface area contributed by atoms with Crippen LogP contribution in [0.1, 0.15) is 10.9 Å². The summed E-state index contributed by atoms with van der Waals surface area (Å²) in [5.74, 6) is -0.182. The Morgan fingerprint density at radius 1 is 1.19 bits per heavy atom. The highest BCUT2D eigenvalue weighted by Gasteiger charge is 2.17. The first kappa shape index (κ1) is 11.0. The van der Waals surface area contributed by atoms with Crippen molar-refractivity contribution >= 4 is 28.3 Å². The summed E-state index contributed by atoms with van der Waals surface area (Å²) in [6.45, 7) is 0. The SMILES string of the molecule is CNC(=O)C(Cl)c1cccc2ccccc12. The average molecular weight is 234 g/mol. The van der Waals surface area contributed by atoms with E-state index in [0.29, 0.717) is 0 Å². The Balaban J connectivity index is 2.56. The van der Waals surface area contributed by atoms with Crippen LogP contribution < -0.4 is 5.32 Å². The first-order chi connectivity index (χ1) is 7.74. The minimum absolute atomic E-state index is 0.182. The van der Waals surface area contributed by atoms with E-state index >= 15 is 0 Å². The van der Waals surface area contributed by atoms with Crippen molar-refractivity contribution in [3.05, 3.63) is 48.0 Å². The summed E-state index contributed by atoms with van der Waals surface area (Å²) in [5.41, 5.74) is 0.846. The quantitative estimate of drug-likeness (QED) is 0.794. The maximum absolute atomic E-state index is 11.5. The summed E-state index contributed by atoms with van der Waals surface area (Å²) in [6, 6.07) is 13.7. The number of halogens is 1. The van der Waals surface area contributed by atoms with Crippen molar-refractivity contribution in [3.8, 4) is 0 Å². The molecule has 2 rings (SSSR count). The van der Waals surface area contributed by atoms with Crippen LogP contribution in [0.3, 0.4) is 0 Å². The van der Waals surface area contributed by atoms with Crippen molar-refractivity contribution in [2.75, 3.05) is 7.05 Å². The predicted molar refractivity (Wildman–Crippen MR) is 66.6 cm³/mol. The first-order valence-electron chi connectivity index (χ1n) is 5.07. The third-order valence-corrected chi connectivity index (χ3v) is 3.01. The normalized spacial score (nSPS) is 12.4. The summed E-state index contributed by atoms with van der Waals surface area (Å²) in [4.78, 5) is 11.5. The Bertz CT molecular complexity index is 519. The zero-order chi connectivity index (χ0) is 11.5. The Morgan fingerprint density at radius 3 is 2.62 bits per heavy atom. The van der Waals surface area contributed by atoms with Crippen LogP contribution in [-0.2, 0) is 4.79 Å². The molecular formula is C13H12ClNO. The molecule has 3 heteroatoms. The molecule has 0 heterocycles. The fourth-order valence-corrected chi connectivity index (χ4v) is 2.04. The van der Waals surface area contributed by atoms with Gasteiger partial charge >= 0.3 is 0 Å². The monoisotopic (exact) mass is 233 g/mol. The maximum Gasteiger partial charge on any atom is 0.242 e. The third kappa shape index (κ3) is 1.89. The van der Waals surface area contributed by atoms with Crippen molar-refractivity contribution < 1.29 is 4.79 Å². The molecule has 2 aromatic rings. The molecule has 1 N–H and O–H groups in total. The van der Waals surface area contributed by atoms with Gasteiger partial charge in [0.15, 0.2) is 0 Å². The van der Waals surface area contributed by atoms with E-state index in [2.05, 4.69) is 5.32 Å². The van der Waals surface area contributed by atoms with Crippen LogP contribution in [0, 0.1) is 0 Å². The molecule has 0 saturated carbocycles. The van der Waals surface area contributed by atoms with Gasteiger partial charge in [0, 0.05) is 7.05 Å². The zero-order valence-corrected chi connectivity index (χ0v) is 9.66. The van der Waals surface area contributed by atoms with E-state index in [9.17, 15) is 4.79 Å². The first-order valence-corrected chi connectivity index (χ1v) is 5.51. The molecule has 0 aromatic heterocycles. The highest BCUT2D eigenvalue weighted by atomic mass is 35.5. The standard InChI is InChI=1S/C13H12ClNO/c1-15-13(16)12(14)11-8-4-6-9-5-2-3-7-10(9)11/h2-8,12H,1H3,(H,15,16). The van der Waals surface area contributed by atoms with Crippen LogP contribution in [0.2, 0.25) is 0 Å². The molecule has 0 fully saturated rings. The highest BCUT2D eigenvalue weighted by Crippen LogP contribution is 2.28. The molecule has 0 bridgehead atoms. The molecule has 16 heavy (non-hydrogen) atoms. The number of benzene rings is 2. The van der Waals surface area contributed by atoms with Crippen LogP contribution in [0.4, 0.5) is 0 Å². The topological polar surface area (TPSA) is 29.1 Å². The lowest BCUT2D eigenvalue weighted by Gasteiger charge is -2.11. The number of nitrogens with one attached hydrogen (secondary N) is 1. The number of rotatable bonds is 2. The number of fused-ring (bicyclic) bond motifs is 1. The Morgan fingerprint density at radius 2 is 1.88 bits per heavy atom. The average Bonchev–Trinajstić information content (AvgIpc) is 2.36. The van der Waals surface area contributed by atoms with Gasteiger partial charge in [-0.25, -0.2) is 0 Å². The molecule has 0 saturated heterocycles. The van der Waals surface area contributed by atoms with E-state index in [1.54, 1.807) is 7.05 Å². The van der Waals surface area contributed by atoms with E-state index in [-0.39, 0.29) is 5.91 Å². The van der Waals surface area contributed by atoms with Gasteiger partial charge in [0.25, 0.3) is 0 Å². The molecule has 1 amide bonds. The Labute approximate surface area is 99.2 Å². The fourth-order valence-electron chi connectivity index (χ4n) is 1.74. The van der Waals surface area contributed by atoms with Crippen molar-refractivity contribution in [1.82, 2.24) is 5.32 Å². The molecule has 0 aliphatic rings. The number of likely N-dealkylation sites (N-methyl/N-ethyl adjacent to an activating group) is 1. The fraction of sp³-hybridized carbons (Fsp3) is 0.154. The van der Waals surface area contributed by atoms with Crippen molar-refractivity contribution in [2.45, 2.75) is 5.38 Å². The van der Waals surface area contributed by atoms with Crippen LogP contribution in [-0.4, -0.2) is 13.0 Å². The van der Waals surface area contributed by atoms with Crippen LogP contribution >= 0.6 is 11.6 Å². The molecule has 1 unspecified atom stereocenters. The minimum Gasteiger partial charge on any atom is -0.358 e. The molecular weight excluding hydrogens is 222 g/mol. The molecule has 0 radical (unpaired) electrons. The number of hydrogen-bond acceptors (Lipinski definition) is 1. The van der Waals surface area contributed by atoms with Crippen LogP contribution in [0.5, 0.6) is 0 Å². The van der Waals surface area contributed by atoms with E-state index < -0.39 is 5.38 Å². The lowest BCUT2D eigenvalue weighted by atomic mass is 10.0. The number of carbonyl (C=O) groups is 1. The summed E-state index contributed by atoms with van der Waals surface area (Å²) >= 11 is 6.12. The van der Waals surface area contributed by atoms with Crippen molar-refractivity contribution in [2.24, 2.45) is 0 Å². The largest absolute Gasteiger partial charge is 0.358 e. The van der Waals surface area contributed by atoms with E-state index in [0.717, 1.165) is 16.3 Å². The number of hydrogen-bond donors (Lipinski definition) is 1. The van der Waals surface area contributed by atoms with Crippen molar-refractivity contribution in [1.29, 1.82) is 0 Å². The van der Waals surface area contributed by atoms with Gasteiger partial charge < -0.3 is 5.32 Å². The minimum atomic E-state index is -0.643. The second-order valence-corrected chi connectivity index (χ2v) is 3.98. The number of alkyl halides is 1. The third-order valence-electron chi connectivity index (χ3n) is 2.57. The summed E-state index contributed by atoms with van der Waals surface area (Å²) in [7, 11) is 1.59. The van der Waals surface area contributed by atoms with Gasteiger partial charge in [-0.1, -0.05) is 42.5 Å². The van der Waals surface area contributed by atoms with Crippen LogP contribution in [0.25, 0.3) is 10.8 Å². The predicted octanol–water partition coefficient (Wildman–Crippen LogP) is 2.87. The number of amides is 1. The summed E-state index contributed by atoms with van der Waals surface area (Å²) < 4.78 is 0. The van der Waals surface area contributed by atoms with Gasteiger partial charge in [0.1, 0.15) is 5.38 Å². The molecule has 0 aliphatic carbocycles. The summed E-state index contributed by atoms with van der Waals surface area (Å²) in [6.07, 6.45) is 0. The van der Waals surface area contributed by atoms with Crippen LogP contribution in [0.15, 0.2) is 42.5 Å². The maximum atomic E-state index is 11.5. The Hall–Kier alpha value is -1.54.